The van der Waals surface area contributed by atoms with Gasteiger partial charge < -0.3 is 4.74 Å². The predicted octanol–water partition coefficient (Wildman–Crippen LogP) is 1.22. The minimum absolute atomic E-state index is 0.176. The number of sulfonamides is 1. The van der Waals surface area contributed by atoms with Gasteiger partial charge in [-0.15, -0.1) is 0 Å². The Bertz CT molecular complexity index is 466. The van der Waals surface area contributed by atoms with Gasteiger partial charge in [0.05, 0.1) is 7.11 Å². The smallest absolute Gasteiger partial charge is 0.244 e. The second kappa shape index (κ2) is 4.20. The van der Waals surface area contributed by atoms with Gasteiger partial charge in [0.15, 0.2) is 0 Å². The summed E-state index contributed by atoms with van der Waals surface area (Å²) in [6, 6.07) is 3.33. The number of hydrogen-bond donors (Lipinski definition) is 1. The van der Waals surface area contributed by atoms with Crippen LogP contribution in [0.15, 0.2) is 17.0 Å². The van der Waals surface area contributed by atoms with Crippen molar-refractivity contribution in [3.05, 3.63) is 23.3 Å². The van der Waals surface area contributed by atoms with E-state index in [0.29, 0.717) is 5.75 Å². The molecule has 0 saturated carbocycles. The molecule has 0 aromatic heterocycles. The van der Waals surface area contributed by atoms with Crippen LogP contribution in [-0.2, 0) is 10.0 Å². The first-order chi connectivity index (χ1) is 6.92. The maximum absolute atomic E-state index is 11.7. The molecule has 1 aromatic carbocycles. The van der Waals surface area contributed by atoms with Crippen LogP contribution in [0.25, 0.3) is 0 Å². The summed E-state index contributed by atoms with van der Waals surface area (Å²) in [5.74, 6) is 0.368. The molecule has 84 valence electrons. The molecule has 0 aliphatic carbocycles. The largest absolute Gasteiger partial charge is 0.495 e. The van der Waals surface area contributed by atoms with Gasteiger partial charge in [0.1, 0.15) is 10.6 Å². The Labute approximate surface area is 90.3 Å². The van der Waals surface area contributed by atoms with Crippen molar-refractivity contribution in [1.82, 2.24) is 4.72 Å². The zero-order chi connectivity index (χ0) is 11.6. The van der Waals surface area contributed by atoms with Crippen molar-refractivity contribution < 1.29 is 13.2 Å². The molecule has 0 saturated heterocycles. The number of ether oxygens (including phenoxy) is 1. The van der Waals surface area contributed by atoms with Crippen LogP contribution in [0.1, 0.15) is 11.1 Å². The first-order valence-electron chi connectivity index (χ1n) is 4.51. The van der Waals surface area contributed by atoms with Crippen LogP contribution in [0.5, 0.6) is 5.75 Å². The Morgan fingerprint density at radius 1 is 1.20 bits per heavy atom. The van der Waals surface area contributed by atoms with Gasteiger partial charge in [0.2, 0.25) is 10.0 Å². The van der Waals surface area contributed by atoms with Crippen LogP contribution in [0.2, 0.25) is 0 Å². The molecule has 0 unspecified atom stereocenters. The summed E-state index contributed by atoms with van der Waals surface area (Å²) in [6.07, 6.45) is 0. The normalized spacial score (nSPS) is 11.5. The Kier molecular flexibility index (Phi) is 3.36. The van der Waals surface area contributed by atoms with Gasteiger partial charge in [-0.25, -0.2) is 13.1 Å². The van der Waals surface area contributed by atoms with Gasteiger partial charge in [-0.2, -0.15) is 0 Å². The summed E-state index contributed by atoms with van der Waals surface area (Å²) in [7, 11) is -0.619. The SMILES string of the molecule is CNS(=O)(=O)c1cc(C)c(C)cc1OC. The molecule has 0 spiro atoms. The van der Waals surface area contributed by atoms with Crippen molar-refractivity contribution >= 4 is 10.0 Å². The molecule has 0 atom stereocenters. The van der Waals surface area contributed by atoms with E-state index in [0.717, 1.165) is 11.1 Å². The molecule has 0 radical (unpaired) electrons. The van der Waals surface area contributed by atoms with Crippen LogP contribution in [-0.4, -0.2) is 22.6 Å². The van der Waals surface area contributed by atoms with E-state index < -0.39 is 10.0 Å². The van der Waals surface area contributed by atoms with Crippen molar-refractivity contribution in [1.29, 1.82) is 0 Å². The Balaban J connectivity index is 3.48. The quantitative estimate of drug-likeness (QED) is 0.848. The van der Waals surface area contributed by atoms with Crippen LogP contribution >= 0.6 is 0 Å². The van der Waals surface area contributed by atoms with Crippen LogP contribution in [0.3, 0.4) is 0 Å². The summed E-state index contributed by atoms with van der Waals surface area (Å²) >= 11 is 0. The zero-order valence-electron chi connectivity index (χ0n) is 9.29. The second-order valence-corrected chi connectivity index (χ2v) is 5.15. The number of hydrogen-bond acceptors (Lipinski definition) is 3. The van der Waals surface area contributed by atoms with E-state index in [9.17, 15) is 8.42 Å². The number of aryl methyl sites for hydroxylation is 2. The van der Waals surface area contributed by atoms with Crippen LogP contribution in [0.4, 0.5) is 0 Å². The van der Waals surface area contributed by atoms with Crippen molar-refractivity contribution in [3.63, 3.8) is 0 Å². The standard InChI is InChI=1S/C10H15NO3S/c1-7-5-9(14-4)10(6-8(7)2)15(12,13)11-3/h5-6,11H,1-4H3. The van der Waals surface area contributed by atoms with Gasteiger partial charge in [0, 0.05) is 0 Å². The third kappa shape index (κ3) is 2.30. The fraction of sp³-hybridized carbons (Fsp3) is 0.400. The van der Waals surface area contributed by atoms with Crippen molar-refractivity contribution in [2.24, 2.45) is 0 Å². The summed E-state index contributed by atoms with van der Waals surface area (Å²) in [6.45, 7) is 3.77. The molecule has 0 fully saturated rings. The van der Waals surface area contributed by atoms with Gasteiger partial charge >= 0.3 is 0 Å². The van der Waals surface area contributed by atoms with Crippen LogP contribution < -0.4 is 9.46 Å². The zero-order valence-corrected chi connectivity index (χ0v) is 10.1. The first kappa shape index (κ1) is 12.0. The number of nitrogens with one attached hydrogen (secondary N) is 1. The second-order valence-electron chi connectivity index (χ2n) is 3.29. The average molecular weight is 229 g/mol. The molecule has 15 heavy (non-hydrogen) atoms. The molecular formula is C10H15NO3S. The molecule has 5 heteroatoms. The molecule has 4 nitrogen and oxygen atoms in total. The van der Waals surface area contributed by atoms with Gasteiger partial charge in [-0.3, -0.25) is 0 Å². The van der Waals surface area contributed by atoms with Gasteiger partial charge in [-0.05, 0) is 44.2 Å². The highest BCUT2D eigenvalue weighted by Crippen LogP contribution is 2.26. The number of methoxy groups -OCH3 is 1. The van der Waals surface area contributed by atoms with Crippen molar-refractivity contribution in [2.45, 2.75) is 18.7 Å². The molecule has 1 aromatic rings. The first-order valence-corrected chi connectivity index (χ1v) is 5.99. The molecule has 0 heterocycles. The lowest BCUT2D eigenvalue weighted by Crippen LogP contribution is -2.19. The molecule has 1 N–H and O–H groups in total. The fourth-order valence-electron chi connectivity index (χ4n) is 1.24. The maximum atomic E-state index is 11.7. The molecular weight excluding hydrogens is 214 g/mol. The fourth-order valence-corrected chi connectivity index (χ4v) is 2.20. The van der Waals surface area contributed by atoms with E-state index in [1.54, 1.807) is 12.1 Å². The van der Waals surface area contributed by atoms with E-state index in [-0.39, 0.29) is 4.90 Å². The topological polar surface area (TPSA) is 55.4 Å². The Morgan fingerprint density at radius 2 is 1.73 bits per heavy atom. The van der Waals surface area contributed by atoms with Crippen LogP contribution in [0, 0.1) is 13.8 Å². The summed E-state index contributed by atoms with van der Waals surface area (Å²) in [5.41, 5.74) is 1.92. The van der Waals surface area contributed by atoms with Gasteiger partial charge in [0.25, 0.3) is 0 Å². The highest BCUT2D eigenvalue weighted by molar-refractivity contribution is 7.89. The van der Waals surface area contributed by atoms with Crippen molar-refractivity contribution in [3.8, 4) is 5.75 Å². The lowest BCUT2D eigenvalue weighted by Gasteiger charge is -2.11. The minimum Gasteiger partial charge on any atom is -0.495 e. The highest BCUT2D eigenvalue weighted by Gasteiger charge is 2.18. The van der Waals surface area contributed by atoms with E-state index in [4.69, 9.17) is 4.74 Å². The average Bonchev–Trinajstić information content (AvgIpc) is 2.21. The summed E-state index contributed by atoms with van der Waals surface area (Å²) < 4.78 is 30.6. The van der Waals surface area contributed by atoms with E-state index in [1.807, 2.05) is 13.8 Å². The van der Waals surface area contributed by atoms with E-state index >= 15 is 0 Å². The Hall–Kier alpha value is -1.07. The highest BCUT2D eigenvalue weighted by atomic mass is 32.2. The molecule has 0 aliphatic rings. The third-order valence-corrected chi connectivity index (χ3v) is 3.77. The third-order valence-electron chi connectivity index (χ3n) is 2.34. The number of rotatable bonds is 3. The van der Waals surface area contributed by atoms with Crippen molar-refractivity contribution in [2.75, 3.05) is 14.2 Å². The molecule has 0 bridgehead atoms. The number of benzene rings is 1. The predicted molar refractivity (Wildman–Crippen MR) is 58.7 cm³/mol. The summed E-state index contributed by atoms with van der Waals surface area (Å²) in [5, 5.41) is 0. The lowest BCUT2D eigenvalue weighted by molar-refractivity contribution is 0.402. The summed E-state index contributed by atoms with van der Waals surface area (Å²) in [4.78, 5) is 0.176. The van der Waals surface area contributed by atoms with E-state index in [1.165, 1.54) is 14.2 Å². The monoisotopic (exact) mass is 229 g/mol. The Morgan fingerprint density at radius 3 is 2.20 bits per heavy atom. The molecule has 0 aliphatic heterocycles. The van der Waals surface area contributed by atoms with Gasteiger partial charge in [-0.1, -0.05) is 0 Å². The van der Waals surface area contributed by atoms with E-state index in [2.05, 4.69) is 4.72 Å². The lowest BCUT2D eigenvalue weighted by atomic mass is 10.1. The maximum Gasteiger partial charge on any atom is 0.244 e. The molecule has 0 amide bonds. The molecule has 1 rings (SSSR count). The minimum atomic E-state index is -3.46.